The molecule has 0 aliphatic heterocycles. The highest BCUT2D eigenvalue weighted by molar-refractivity contribution is 7.99. The Kier molecular flexibility index (Phi) is 7.13. The Hall–Kier alpha value is -2.00. The second kappa shape index (κ2) is 9.33. The second-order valence-electron chi connectivity index (χ2n) is 4.90. The summed E-state index contributed by atoms with van der Waals surface area (Å²) < 4.78 is 0.913. The van der Waals surface area contributed by atoms with Crippen molar-refractivity contribution < 1.29 is 4.79 Å². The van der Waals surface area contributed by atoms with Crippen LogP contribution in [0, 0.1) is 6.92 Å². The van der Waals surface area contributed by atoms with Gasteiger partial charge in [-0.25, -0.2) is 0 Å². The van der Waals surface area contributed by atoms with E-state index in [1.165, 1.54) is 11.8 Å². The quantitative estimate of drug-likeness (QED) is 0.409. The number of amides is 1. The van der Waals surface area contributed by atoms with Gasteiger partial charge in [-0.1, -0.05) is 30.0 Å². The lowest BCUT2D eigenvalue weighted by molar-refractivity contribution is -0.118. The van der Waals surface area contributed by atoms with E-state index in [0.29, 0.717) is 6.54 Å². The van der Waals surface area contributed by atoms with Gasteiger partial charge >= 0.3 is 0 Å². The lowest BCUT2D eigenvalue weighted by Crippen LogP contribution is -2.33. The largest absolute Gasteiger partial charge is 0.355 e. The smallest absolute Gasteiger partial charge is 0.294 e. The number of aromatic nitrogens is 3. The molecule has 0 saturated heterocycles. The summed E-state index contributed by atoms with van der Waals surface area (Å²) in [4.78, 5) is 24.6. The van der Waals surface area contributed by atoms with E-state index in [-0.39, 0.29) is 22.5 Å². The predicted octanol–water partition coefficient (Wildman–Crippen LogP) is 1.05. The van der Waals surface area contributed by atoms with Gasteiger partial charge in [0.1, 0.15) is 5.69 Å². The molecule has 0 fully saturated rings. The summed E-state index contributed by atoms with van der Waals surface area (Å²) in [6.45, 7) is 2.14. The molecule has 1 amide bonds. The van der Waals surface area contributed by atoms with Gasteiger partial charge in [0.25, 0.3) is 5.56 Å². The van der Waals surface area contributed by atoms with Gasteiger partial charge in [-0.3, -0.25) is 9.59 Å². The van der Waals surface area contributed by atoms with E-state index < -0.39 is 5.56 Å². The van der Waals surface area contributed by atoms with Crippen LogP contribution in [-0.4, -0.2) is 38.8 Å². The van der Waals surface area contributed by atoms with Crippen molar-refractivity contribution in [1.82, 2.24) is 20.2 Å². The molecule has 1 aromatic carbocycles. The molecule has 0 spiro atoms. The van der Waals surface area contributed by atoms with Crippen LogP contribution in [0.4, 0.5) is 0 Å². The van der Waals surface area contributed by atoms with Gasteiger partial charge in [0.2, 0.25) is 11.1 Å². The van der Waals surface area contributed by atoms with E-state index in [4.69, 9.17) is 5.84 Å². The summed E-state index contributed by atoms with van der Waals surface area (Å²) in [6.07, 6.45) is 0.877. The molecule has 7 nitrogen and oxygen atoms in total. The number of hydrogen-bond donors (Lipinski definition) is 2. The number of benzene rings is 1. The van der Waals surface area contributed by atoms with Gasteiger partial charge < -0.3 is 11.2 Å². The first-order chi connectivity index (χ1) is 11.6. The lowest BCUT2D eigenvalue weighted by Gasteiger charge is -2.07. The topological polar surface area (TPSA) is 103 Å². The van der Waals surface area contributed by atoms with Crippen molar-refractivity contribution in [2.24, 2.45) is 0 Å². The molecule has 24 heavy (non-hydrogen) atoms. The predicted molar refractivity (Wildman–Crippen MR) is 96.7 cm³/mol. The zero-order valence-electron chi connectivity index (χ0n) is 13.3. The van der Waals surface area contributed by atoms with Gasteiger partial charge in [0.05, 0.1) is 5.75 Å². The van der Waals surface area contributed by atoms with E-state index in [1.54, 1.807) is 11.8 Å². The average Bonchev–Trinajstić information content (AvgIpc) is 2.60. The van der Waals surface area contributed by atoms with Crippen molar-refractivity contribution in [3.8, 4) is 0 Å². The minimum Gasteiger partial charge on any atom is -0.355 e. The molecule has 9 heteroatoms. The molecular formula is C15H19N5O2S2. The summed E-state index contributed by atoms with van der Waals surface area (Å²) >= 11 is 2.84. The number of nitrogens with zero attached hydrogens (tertiary/aromatic N) is 3. The highest BCUT2D eigenvalue weighted by atomic mass is 32.2. The van der Waals surface area contributed by atoms with Crippen molar-refractivity contribution in [3.05, 3.63) is 46.4 Å². The van der Waals surface area contributed by atoms with Crippen molar-refractivity contribution in [2.75, 3.05) is 23.9 Å². The second-order valence-corrected chi connectivity index (χ2v) is 7.01. The molecule has 2 aromatic rings. The van der Waals surface area contributed by atoms with Crippen LogP contribution in [-0.2, 0) is 4.79 Å². The number of thioether (sulfide) groups is 2. The molecule has 0 aliphatic carbocycles. The molecule has 3 N–H and O–H groups in total. The molecule has 2 rings (SSSR count). The van der Waals surface area contributed by atoms with Crippen LogP contribution in [0.1, 0.15) is 12.1 Å². The highest BCUT2D eigenvalue weighted by Crippen LogP contribution is 2.17. The Balaban J connectivity index is 1.65. The molecule has 128 valence electrons. The molecule has 1 aromatic heterocycles. The number of nitrogen functional groups attached to an aromatic ring is 1. The standard InChI is InChI=1S/C15H19N5O2S2/c1-11-14(22)20(16)15(19-18-11)24-10-13(21)17-8-5-9-23-12-6-3-2-4-7-12/h2-4,6-7H,5,8-10,16H2,1H3,(H,17,21). The first-order valence-corrected chi connectivity index (χ1v) is 9.34. The fraction of sp³-hybridized carbons (Fsp3) is 0.333. The van der Waals surface area contributed by atoms with E-state index in [0.717, 1.165) is 28.6 Å². The van der Waals surface area contributed by atoms with Gasteiger partial charge in [0, 0.05) is 11.4 Å². The number of hydrogen-bond acceptors (Lipinski definition) is 7. The maximum atomic E-state index is 11.8. The normalized spacial score (nSPS) is 10.5. The minimum absolute atomic E-state index is 0.125. The summed E-state index contributed by atoms with van der Waals surface area (Å²) in [6, 6.07) is 10.1. The van der Waals surface area contributed by atoms with E-state index >= 15 is 0 Å². The zero-order valence-corrected chi connectivity index (χ0v) is 14.9. The maximum absolute atomic E-state index is 11.8. The summed E-state index contributed by atoms with van der Waals surface area (Å²) in [5.74, 6) is 6.56. The number of carbonyl (C=O) groups is 1. The van der Waals surface area contributed by atoms with Crippen LogP contribution in [0.5, 0.6) is 0 Å². The summed E-state index contributed by atoms with van der Waals surface area (Å²) in [5.41, 5.74) is -0.187. The Morgan fingerprint density at radius 3 is 2.75 bits per heavy atom. The number of carbonyl (C=O) groups excluding carboxylic acids is 1. The monoisotopic (exact) mass is 365 g/mol. The summed E-state index contributed by atoms with van der Waals surface area (Å²) in [5, 5.41) is 10.6. The van der Waals surface area contributed by atoms with Crippen molar-refractivity contribution >= 4 is 29.4 Å². The number of nitrogens with two attached hydrogens (primary N) is 1. The van der Waals surface area contributed by atoms with Crippen molar-refractivity contribution in [2.45, 2.75) is 23.4 Å². The zero-order chi connectivity index (χ0) is 17.4. The first kappa shape index (κ1) is 18.3. The molecule has 1 heterocycles. The van der Waals surface area contributed by atoms with Gasteiger partial charge in [0.15, 0.2) is 0 Å². The Morgan fingerprint density at radius 2 is 2.00 bits per heavy atom. The SMILES string of the molecule is Cc1nnc(SCC(=O)NCCCSc2ccccc2)n(N)c1=O. The average molecular weight is 365 g/mol. The van der Waals surface area contributed by atoms with E-state index in [1.807, 2.05) is 18.2 Å². The van der Waals surface area contributed by atoms with Crippen LogP contribution in [0.2, 0.25) is 0 Å². The van der Waals surface area contributed by atoms with Crippen LogP contribution in [0.15, 0.2) is 45.2 Å². The third-order valence-electron chi connectivity index (χ3n) is 3.01. The van der Waals surface area contributed by atoms with Crippen molar-refractivity contribution in [3.63, 3.8) is 0 Å². The molecule has 0 radical (unpaired) electrons. The third-order valence-corrected chi connectivity index (χ3v) is 5.05. The Bertz CT molecular complexity index is 736. The number of rotatable bonds is 8. The molecule has 0 aliphatic rings. The number of aryl methyl sites for hydroxylation is 1. The van der Waals surface area contributed by atoms with Crippen LogP contribution in [0.3, 0.4) is 0 Å². The molecule has 0 bridgehead atoms. The first-order valence-electron chi connectivity index (χ1n) is 7.36. The summed E-state index contributed by atoms with van der Waals surface area (Å²) in [7, 11) is 0. The van der Waals surface area contributed by atoms with E-state index in [9.17, 15) is 9.59 Å². The molecule has 0 atom stereocenters. The molecule has 0 saturated carbocycles. The Morgan fingerprint density at radius 1 is 1.25 bits per heavy atom. The van der Waals surface area contributed by atoms with Gasteiger partial charge in [-0.2, -0.15) is 4.68 Å². The minimum atomic E-state index is -0.411. The van der Waals surface area contributed by atoms with Gasteiger partial charge in [-0.15, -0.1) is 22.0 Å². The molecule has 0 unspecified atom stereocenters. The fourth-order valence-electron chi connectivity index (χ4n) is 1.76. The van der Waals surface area contributed by atoms with Crippen LogP contribution < -0.4 is 16.7 Å². The van der Waals surface area contributed by atoms with Crippen molar-refractivity contribution in [1.29, 1.82) is 0 Å². The number of nitrogens with one attached hydrogen (secondary N) is 1. The van der Waals surface area contributed by atoms with Gasteiger partial charge in [-0.05, 0) is 31.2 Å². The highest BCUT2D eigenvalue weighted by Gasteiger charge is 2.09. The fourth-order valence-corrected chi connectivity index (χ4v) is 3.31. The molecular weight excluding hydrogens is 346 g/mol. The lowest BCUT2D eigenvalue weighted by atomic mass is 10.4. The van der Waals surface area contributed by atoms with Crippen LogP contribution >= 0.6 is 23.5 Å². The Labute approximate surface area is 148 Å². The third kappa shape index (κ3) is 5.57. The maximum Gasteiger partial charge on any atom is 0.294 e. The van der Waals surface area contributed by atoms with E-state index in [2.05, 4.69) is 27.6 Å². The van der Waals surface area contributed by atoms with Crippen LogP contribution in [0.25, 0.3) is 0 Å².